The summed E-state index contributed by atoms with van der Waals surface area (Å²) in [5.74, 6) is -0.376. The molecule has 2 N–H and O–H groups in total. The number of carbonyl (C=O) groups excluding carboxylic acids is 1. The van der Waals surface area contributed by atoms with Crippen LogP contribution in [0.25, 0.3) is 11.0 Å². The lowest BCUT2D eigenvalue weighted by Gasteiger charge is -2.47. The Bertz CT molecular complexity index is 793. The van der Waals surface area contributed by atoms with Gasteiger partial charge in [0.05, 0.1) is 28.6 Å². The fourth-order valence-electron chi connectivity index (χ4n) is 4.87. The smallest absolute Gasteiger partial charge is 0.250 e. The van der Waals surface area contributed by atoms with Crippen LogP contribution in [-0.4, -0.2) is 58.5 Å². The van der Waals surface area contributed by atoms with Crippen molar-refractivity contribution in [2.24, 2.45) is 5.73 Å². The molecular weight excluding hydrogens is 326 g/mol. The van der Waals surface area contributed by atoms with Crippen molar-refractivity contribution in [3.05, 3.63) is 30.1 Å². The van der Waals surface area contributed by atoms with Gasteiger partial charge in [-0.25, -0.2) is 4.98 Å². The number of para-hydroxylation sites is 1. The van der Waals surface area contributed by atoms with Crippen LogP contribution in [0.2, 0.25) is 0 Å². The lowest BCUT2D eigenvalue weighted by molar-refractivity contribution is -0.0109. The SMILES string of the molecule is CN1CCCN(C2(n3cnc4cccc(C(N)=O)c43)CCCCC2)CC1. The molecule has 1 amide bonds. The highest BCUT2D eigenvalue weighted by Gasteiger charge is 2.41. The van der Waals surface area contributed by atoms with Gasteiger partial charge in [0.15, 0.2) is 0 Å². The lowest BCUT2D eigenvalue weighted by atomic mass is 9.86. The van der Waals surface area contributed by atoms with Crippen molar-refractivity contribution in [2.75, 3.05) is 33.2 Å². The van der Waals surface area contributed by atoms with Crippen molar-refractivity contribution in [3.8, 4) is 0 Å². The first-order valence-electron chi connectivity index (χ1n) is 9.82. The number of imidazole rings is 1. The molecule has 2 aromatic rings. The van der Waals surface area contributed by atoms with Gasteiger partial charge in [-0.3, -0.25) is 9.69 Å². The van der Waals surface area contributed by atoms with Crippen LogP contribution in [0.4, 0.5) is 0 Å². The molecule has 1 aromatic carbocycles. The van der Waals surface area contributed by atoms with E-state index in [1.54, 1.807) is 0 Å². The van der Waals surface area contributed by atoms with E-state index in [-0.39, 0.29) is 11.6 Å². The molecule has 1 aliphatic heterocycles. The summed E-state index contributed by atoms with van der Waals surface area (Å²) < 4.78 is 2.28. The quantitative estimate of drug-likeness (QED) is 0.918. The monoisotopic (exact) mass is 355 g/mol. The van der Waals surface area contributed by atoms with E-state index in [1.165, 1.54) is 25.7 Å². The third-order valence-corrected chi connectivity index (χ3v) is 6.24. The minimum atomic E-state index is -0.376. The predicted octanol–water partition coefficient (Wildman–Crippen LogP) is 2.39. The number of fused-ring (bicyclic) bond motifs is 1. The van der Waals surface area contributed by atoms with Gasteiger partial charge >= 0.3 is 0 Å². The van der Waals surface area contributed by atoms with Crippen LogP contribution in [0.3, 0.4) is 0 Å². The van der Waals surface area contributed by atoms with Gasteiger partial charge in [-0.05, 0) is 57.8 Å². The first kappa shape index (κ1) is 17.5. The summed E-state index contributed by atoms with van der Waals surface area (Å²) in [5.41, 5.74) is 7.95. The van der Waals surface area contributed by atoms with Crippen LogP contribution in [0, 0.1) is 0 Å². The van der Waals surface area contributed by atoms with Gasteiger partial charge in [-0.15, -0.1) is 0 Å². The first-order chi connectivity index (χ1) is 12.6. The maximum absolute atomic E-state index is 12.1. The topological polar surface area (TPSA) is 67.4 Å². The summed E-state index contributed by atoms with van der Waals surface area (Å²) in [7, 11) is 2.20. The molecule has 2 heterocycles. The molecule has 1 saturated carbocycles. The average molecular weight is 355 g/mol. The molecule has 6 heteroatoms. The van der Waals surface area contributed by atoms with E-state index in [4.69, 9.17) is 5.73 Å². The molecule has 0 spiro atoms. The average Bonchev–Trinajstić information content (AvgIpc) is 2.97. The second-order valence-electron chi connectivity index (χ2n) is 7.84. The number of carbonyl (C=O) groups is 1. The minimum absolute atomic E-state index is 0.0935. The standard InChI is InChI=1S/C20H29N5O/c1-23-11-6-12-24(14-13-23)20(9-3-2-4-10-20)25-15-22-17-8-5-7-16(18(17)25)19(21)26/h5,7-8,15H,2-4,6,9-14H2,1H3,(H2,21,26). The Hall–Kier alpha value is -1.92. The highest BCUT2D eigenvalue weighted by Crippen LogP contribution is 2.41. The molecule has 2 fully saturated rings. The molecule has 140 valence electrons. The van der Waals surface area contributed by atoms with Gasteiger partial charge < -0.3 is 15.2 Å². The van der Waals surface area contributed by atoms with E-state index in [2.05, 4.69) is 26.4 Å². The Morgan fingerprint density at radius 2 is 1.88 bits per heavy atom. The fourth-order valence-corrected chi connectivity index (χ4v) is 4.87. The zero-order chi connectivity index (χ0) is 18.1. The van der Waals surface area contributed by atoms with E-state index >= 15 is 0 Å². The van der Waals surface area contributed by atoms with Crippen molar-refractivity contribution >= 4 is 16.9 Å². The number of rotatable bonds is 3. The summed E-state index contributed by atoms with van der Waals surface area (Å²) in [6.07, 6.45) is 9.04. The summed E-state index contributed by atoms with van der Waals surface area (Å²) in [6.45, 7) is 4.36. The van der Waals surface area contributed by atoms with E-state index < -0.39 is 0 Å². The molecule has 2 aliphatic rings. The zero-order valence-corrected chi connectivity index (χ0v) is 15.7. The van der Waals surface area contributed by atoms with Crippen molar-refractivity contribution in [1.82, 2.24) is 19.4 Å². The molecule has 1 saturated heterocycles. The molecule has 0 radical (unpaired) electrons. The Labute approximate surface area is 155 Å². The zero-order valence-electron chi connectivity index (χ0n) is 15.7. The second-order valence-corrected chi connectivity index (χ2v) is 7.84. The van der Waals surface area contributed by atoms with Crippen LogP contribution < -0.4 is 5.73 Å². The molecular formula is C20H29N5O. The number of likely N-dealkylation sites (N-methyl/N-ethyl adjacent to an activating group) is 1. The molecule has 4 rings (SSSR count). The van der Waals surface area contributed by atoms with E-state index in [0.29, 0.717) is 5.56 Å². The molecule has 0 atom stereocenters. The van der Waals surface area contributed by atoms with Crippen LogP contribution >= 0.6 is 0 Å². The Morgan fingerprint density at radius 1 is 1.08 bits per heavy atom. The third-order valence-electron chi connectivity index (χ3n) is 6.24. The minimum Gasteiger partial charge on any atom is -0.366 e. The van der Waals surface area contributed by atoms with Crippen LogP contribution in [0.15, 0.2) is 24.5 Å². The Morgan fingerprint density at radius 3 is 2.65 bits per heavy atom. The highest BCUT2D eigenvalue weighted by molar-refractivity contribution is 6.04. The van der Waals surface area contributed by atoms with Gasteiger partial charge in [0.25, 0.3) is 5.91 Å². The first-order valence-corrected chi connectivity index (χ1v) is 9.82. The summed E-state index contributed by atoms with van der Waals surface area (Å²) in [6, 6.07) is 5.68. The maximum atomic E-state index is 12.1. The van der Waals surface area contributed by atoms with Crippen molar-refractivity contribution in [3.63, 3.8) is 0 Å². The van der Waals surface area contributed by atoms with Crippen LogP contribution in [-0.2, 0) is 5.66 Å². The van der Waals surface area contributed by atoms with Gasteiger partial charge in [-0.1, -0.05) is 12.5 Å². The summed E-state index contributed by atoms with van der Waals surface area (Å²) in [5, 5.41) is 0. The van der Waals surface area contributed by atoms with Gasteiger partial charge in [0.1, 0.15) is 0 Å². The summed E-state index contributed by atoms with van der Waals surface area (Å²) in [4.78, 5) is 21.8. The lowest BCUT2D eigenvalue weighted by Crippen LogP contribution is -2.53. The Balaban J connectivity index is 1.85. The van der Waals surface area contributed by atoms with Crippen LogP contribution in [0.5, 0.6) is 0 Å². The van der Waals surface area contributed by atoms with E-state index in [9.17, 15) is 4.79 Å². The van der Waals surface area contributed by atoms with Crippen molar-refractivity contribution in [2.45, 2.75) is 44.2 Å². The number of primary amides is 1. The van der Waals surface area contributed by atoms with Crippen LogP contribution in [0.1, 0.15) is 48.9 Å². The van der Waals surface area contributed by atoms with Crippen molar-refractivity contribution < 1.29 is 4.79 Å². The Kier molecular flexibility index (Phi) is 4.71. The number of hydrogen-bond acceptors (Lipinski definition) is 4. The molecule has 1 aromatic heterocycles. The predicted molar refractivity (Wildman–Crippen MR) is 103 cm³/mol. The molecule has 0 bridgehead atoms. The largest absolute Gasteiger partial charge is 0.366 e. The fraction of sp³-hybridized carbons (Fsp3) is 0.600. The van der Waals surface area contributed by atoms with Gasteiger partial charge in [0, 0.05) is 19.6 Å². The number of benzene rings is 1. The molecule has 6 nitrogen and oxygen atoms in total. The van der Waals surface area contributed by atoms with E-state index in [1.807, 2.05) is 24.5 Å². The van der Waals surface area contributed by atoms with Gasteiger partial charge in [-0.2, -0.15) is 0 Å². The van der Waals surface area contributed by atoms with Gasteiger partial charge in [0.2, 0.25) is 0 Å². The third kappa shape index (κ3) is 2.91. The van der Waals surface area contributed by atoms with Crippen molar-refractivity contribution in [1.29, 1.82) is 0 Å². The molecule has 1 aliphatic carbocycles. The number of nitrogens with two attached hydrogens (primary N) is 1. The maximum Gasteiger partial charge on any atom is 0.250 e. The second kappa shape index (κ2) is 7.00. The highest BCUT2D eigenvalue weighted by atomic mass is 16.1. The van der Waals surface area contributed by atoms with E-state index in [0.717, 1.165) is 50.1 Å². The number of aromatic nitrogens is 2. The normalized spacial score (nSPS) is 22.3. The molecule has 26 heavy (non-hydrogen) atoms. The number of nitrogens with zero attached hydrogens (tertiary/aromatic N) is 4. The summed E-state index contributed by atoms with van der Waals surface area (Å²) >= 11 is 0. The number of hydrogen-bond donors (Lipinski definition) is 1. The number of amides is 1. The molecule has 0 unspecified atom stereocenters.